The minimum atomic E-state index is -0.827. The first-order valence-electron chi connectivity index (χ1n) is 41.7. The van der Waals surface area contributed by atoms with Crippen LogP contribution in [0.25, 0.3) is 0 Å². The Morgan fingerprint density at radius 3 is 0.967 bits per heavy atom. The quantitative estimate of drug-likeness (QED) is 0.0453. The van der Waals surface area contributed by atoms with Crippen molar-refractivity contribution < 1.29 is 66.6 Å². The van der Waals surface area contributed by atoms with E-state index in [1.54, 1.807) is 18.2 Å². The van der Waals surface area contributed by atoms with Gasteiger partial charge in [0.2, 0.25) is 0 Å². The Hall–Kier alpha value is -8.75. The normalized spacial score (nSPS) is 14.1. The van der Waals surface area contributed by atoms with Crippen LogP contribution in [0.2, 0.25) is 21.4 Å². The summed E-state index contributed by atoms with van der Waals surface area (Å²) in [5.74, 6) is -0.562. The highest BCUT2D eigenvalue weighted by Crippen LogP contribution is 2.24. The van der Waals surface area contributed by atoms with Crippen LogP contribution in [0, 0.1) is 17.5 Å². The molecule has 18 rings (SSSR count). The van der Waals surface area contributed by atoms with E-state index < -0.39 is 35.6 Å². The molecule has 0 spiro atoms. The van der Waals surface area contributed by atoms with E-state index in [1.807, 2.05) is 103 Å². The van der Waals surface area contributed by atoms with E-state index in [2.05, 4.69) is 109 Å². The molecule has 0 aromatic heterocycles. The second kappa shape index (κ2) is 46.1. The van der Waals surface area contributed by atoms with Crippen LogP contribution >= 0.6 is 34.8 Å². The standard InChI is InChI=1S/C17H18BClO.2C16H16BClO2.3C16H16BFO2.CH4/c19-16-9-6-13(7-10-16)3-4-14-5-8-15-2-1-11-18(20)17(15)12-14;18-15-3-1-2-12(10-15)4-5-13-6-7-14-8-9-20-17(19)16(14)11-13;18-16-4-2-1-3-14(16)8-6-12-5-7-13-9-10-20-17(19)15(13)11-12;18-15-7-4-12(5-8-15)1-2-13-3-6-14-9-10-20-17(19)16(14)11-13;18-15-3-1-2-12(10-15)4-5-13-6-7-14-8-9-20-17(19)16(14)11-13;18-16-4-2-1-3-14(16)8-6-12-5-7-13-9-10-20-17(19)15(13)11-12;/h5-10,12,20H,1-4,11H2;1-3,6-7,10-11,19H,4-5,8-9H2;1-5,7,11,19H,6,8-10H2;3-8,11,19H,1-2,9-10H2;1-3,6-7,10-11,19H,4-5,8-9H2;1-5,7,11,19H,6,8-10H2;1H4. The lowest BCUT2D eigenvalue weighted by Gasteiger charge is -2.19. The molecular weight excluding hydrogens is 1580 g/mol. The lowest BCUT2D eigenvalue weighted by Crippen LogP contribution is -2.41. The molecule has 6 N–H and O–H groups in total. The molecule has 0 fully saturated rings. The monoisotopic (exact) mass is 1680 g/mol. The Kier molecular flexibility index (Phi) is 34.9. The average molecular weight is 1680 g/mol. The summed E-state index contributed by atoms with van der Waals surface area (Å²) < 4.78 is 65.8. The second-order valence-electron chi connectivity index (χ2n) is 31.2. The van der Waals surface area contributed by atoms with Crippen LogP contribution in [-0.4, -0.2) is 106 Å². The third-order valence-electron chi connectivity index (χ3n) is 22.8. The van der Waals surface area contributed by atoms with Crippen molar-refractivity contribution in [2.45, 2.75) is 136 Å². The number of hydrogen-bond donors (Lipinski definition) is 6. The van der Waals surface area contributed by atoms with E-state index >= 15 is 0 Å². The number of fused-ring (bicyclic) bond motifs is 6. The molecule has 121 heavy (non-hydrogen) atoms. The molecule has 0 aliphatic carbocycles. The maximum Gasteiger partial charge on any atom is 0.491 e. The van der Waals surface area contributed by atoms with E-state index in [4.69, 9.17) is 58.1 Å². The van der Waals surface area contributed by atoms with Crippen molar-refractivity contribution in [1.29, 1.82) is 0 Å². The maximum absolute atomic E-state index is 13.6. The molecule has 620 valence electrons. The van der Waals surface area contributed by atoms with Crippen molar-refractivity contribution in [3.05, 3.63) is 387 Å². The van der Waals surface area contributed by atoms with Gasteiger partial charge in [0.1, 0.15) is 17.5 Å². The van der Waals surface area contributed by atoms with Gasteiger partial charge in [-0.1, -0.05) is 248 Å². The SMILES string of the molecule is C.OB1CCCc2ccc(CCc3ccc(Cl)cc3)cc21.OB1OCCc2ccc(CCc3ccc(F)cc3)cc21.OB1OCCc2ccc(CCc3cccc(Cl)c3)cc21.OB1OCCc2ccc(CCc3cccc(F)c3)cc21.OB1OCCc2ccc(CCc3ccccc3Cl)cc21.OB1OCCc2ccc(CCc3ccccc3F)cc21. The molecule has 12 aromatic rings. The lowest BCUT2D eigenvalue weighted by molar-refractivity contribution is 0.265. The number of hydrogen-bond acceptors (Lipinski definition) is 11. The van der Waals surface area contributed by atoms with Gasteiger partial charge >= 0.3 is 42.5 Å². The van der Waals surface area contributed by atoms with E-state index in [0.29, 0.717) is 39.5 Å². The van der Waals surface area contributed by atoms with Crippen LogP contribution in [-0.2, 0) is 139 Å². The predicted molar refractivity (Wildman–Crippen MR) is 490 cm³/mol. The molecule has 6 aliphatic rings. The summed E-state index contributed by atoms with van der Waals surface area (Å²) >= 11 is 18.1. The highest BCUT2D eigenvalue weighted by Gasteiger charge is 2.30. The zero-order chi connectivity index (χ0) is 83.7. The highest BCUT2D eigenvalue weighted by molar-refractivity contribution is 6.67. The molecule has 0 unspecified atom stereocenters. The summed E-state index contributed by atoms with van der Waals surface area (Å²) in [6.45, 7) is 2.61. The molecular formula is C98H102B6Cl3F3O11. The predicted octanol–water partition coefficient (Wildman–Crippen LogP) is 14.3. The van der Waals surface area contributed by atoms with Gasteiger partial charge in [-0.2, -0.15) is 0 Å². The first-order chi connectivity index (χ1) is 58.4. The van der Waals surface area contributed by atoms with Gasteiger partial charge in [-0.3, -0.25) is 0 Å². The Balaban J connectivity index is 0.000000133. The average Bonchev–Trinajstić information content (AvgIpc) is 0.844. The summed E-state index contributed by atoms with van der Waals surface area (Å²) in [7, 11) is -3.99. The number of aryl methyl sites for hydroxylation is 13. The number of halogens is 6. The molecule has 6 heterocycles. The van der Waals surface area contributed by atoms with Gasteiger partial charge in [-0.05, 0) is 310 Å². The minimum Gasteiger partial charge on any atom is -0.446 e. The van der Waals surface area contributed by atoms with Gasteiger partial charge in [-0.15, -0.1) is 0 Å². The lowest BCUT2D eigenvalue weighted by atomic mass is 9.53. The number of rotatable bonds is 18. The summed E-state index contributed by atoms with van der Waals surface area (Å²) in [6.07, 6.45) is 17.8. The largest absolute Gasteiger partial charge is 0.491 e. The summed E-state index contributed by atoms with van der Waals surface area (Å²) in [4.78, 5) is 0. The third-order valence-corrected chi connectivity index (χ3v) is 23.7. The molecule has 0 radical (unpaired) electrons. The first kappa shape index (κ1) is 91.5. The molecule has 0 saturated heterocycles. The fourth-order valence-electron chi connectivity index (χ4n) is 15.9. The molecule has 23 heteroatoms. The van der Waals surface area contributed by atoms with Crippen molar-refractivity contribution in [2.24, 2.45) is 0 Å². The molecule has 6 aliphatic heterocycles. The summed E-state index contributed by atoms with van der Waals surface area (Å²) in [5.41, 5.74) is 26.3. The Labute approximate surface area is 728 Å². The van der Waals surface area contributed by atoms with Crippen molar-refractivity contribution in [3.63, 3.8) is 0 Å². The van der Waals surface area contributed by atoms with Crippen LogP contribution < -0.4 is 32.8 Å². The molecule has 11 nitrogen and oxygen atoms in total. The molecule has 0 saturated carbocycles. The highest BCUT2D eigenvalue weighted by atomic mass is 35.5. The van der Waals surface area contributed by atoms with Crippen LogP contribution in [0.4, 0.5) is 13.2 Å². The Morgan fingerprint density at radius 2 is 0.579 bits per heavy atom. The van der Waals surface area contributed by atoms with Gasteiger partial charge < -0.3 is 53.4 Å². The van der Waals surface area contributed by atoms with Gasteiger partial charge in [0.05, 0.1) is 0 Å². The first-order valence-corrected chi connectivity index (χ1v) is 42.8. The van der Waals surface area contributed by atoms with Crippen molar-refractivity contribution in [3.8, 4) is 0 Å². The van der Waals surface area contributed by atoms with Gasteiger partial charge in [-0.25, -0.2) is 13.2 Å². The zero-order valence-corrected chi connectivity index (χ0v) is 69.7. The summed E-state index contributed by atoms with van der Waals surface area (Å²) in [5, 5.41) is 61.7. The fourth-order valence-corrected chi connectivity index (χ4v) is 16.5. The zero-order valence-electron chi connectivity index (χ0n) is 67.4. The van der Waals surface area contributed by atoms with E-state index in [9.17, 15) is 43.3 Å². The molecule has 0 atom stereocenters. The maximum atomic E-state index is 13.6. The molecule has 12 aromatic carbocycles. The van der Waals surface area contributed by atoms with Crippen LogP contribution in [0.15, 0.2) is 255 Å². The minimum absolute atomic E-state index is 0. The van der Waals surface area contributed by atoms with E-state index in [0.717, 1.165) is 225 Å². The molecule has 0 amide bonds. The van der Waals surface area contributed by atoms with Crippen LogP contribution in [0.3, 0.4) is 0 Å². The van der Waals surface area contributed by atoms with Gasteiger partial charge in [0.15, 0.2) is 0 Å². The number of benzene rings is 12. The van der Waals surface area contributed by atoms with Gasteiger partial charge in [0, 0.05) is 48.1 Å². The van der Waals surface area contributed by atoms with Crippen LogP contribution in [0.1, 0.15) is 114 Å². The van der Waals surface area contributed by atoms with E-state index in [-0.39, 0.29) is 31.8 Å². The molecule has 0 bridgehead atoms. The third kappa shape index (κ3) is 27.1. The van der Waals surface area contributed by atoms with Crippen molar-refractivity contribution in [2.75, 3.05) is 33.0 Å². The second-order valence-corrected chi connectivity index (χ2v) is 32.4. The van der Waals surface area contributed by atoms with Crippen LogP contribution in [0.5, 0.6) is 0 Å². The van der Waals surface area contributed by atoms with Crippen molar-refractivity contribution >= 4 is 110 Å². The summed E-state index contributed by atoms with van der Waals surface area (Å²) in [6, 6.07) is 81.6. The Morgan fingerprint density at radius 1 is 0.264 bits per heavy atom. The fraction of sp³-hybridized carbons (Fsp3) is 0.265. The Bertz CT molecular complexity index is 5020. The topological polar surface area (TPSA) is 168 Å². The van der Waals surface area contributed by atoms with Gasteiger partial charge in [0.25, 0.3) is 0 Å². The van der Waals surface area contributed by atoms with Crippen molar-refractivity contribution in [1.82, 2.24) is 0 Å². The van der Waals surface area contributed by atoms with E-state index in [1.165, 1.54) is 68.8 Å². The smallest absolute Gasteiger partial charge is 0.446 e.